The summed E-state index contributed by atoms with van der Waals surface area (Å²) < 4.78 is 8.09. The summed E-state index contributed by atoms with van der Waals surface area (Å²) in [5.74, 6) is 0.608. The highest BCUT2D eigenvalue weighted by atomic mass is 79.9. The summed E-state index contributed by atoms with van der Waals surface area (Å²) in [6, 6.07) is 14.4. The molecule has 1 aromatic heterocycles. The van der Waals surface area contributed by atoms with E-state index in [9.17, 15) is 4.79 Å². The van der Waals surface area contributed by atoms with E-state index in [4.69, 9.17) is 4.74 Å². The number of rotatable bonds is 5. The SMILES string of the molecule is COC(=O)c1cn(Cc2ccccc2)c2cc(CSC)c(Br)cc12. The maximum Gasteiger partial charge on any atom is 0.340 e. The molecule has 3 rings (SSSR count). The summed E-state index contributed by atoms with van der Waals surface area (Å²) in [5.41, 5.74) is 4.06. The third-order valence-corrected chi connectivity index (χ3v) is 5.29. The van der Waals surface area contributed by atoms with Crippen LogP contribution in [-0.2, 0) is 17.0 Å². The van der Waals surface area contributed by atoms with E-state index in [0.29, 0.717) is 12.1 Å². The molecular weight excluding hydrogens is 386 g/mol. The average molecular weight is 404 g/mol. The van der Waals surface area contributed by atoms with Crippen molar-refractivity contribution in [2.24, 2.45) is 0 Å². The Kier molecular flexibility index (Phi) is 5.31. The molecule has 124 valence electrons. The van der Waals surface area contributed by atoms with Gasteiger partial charge in [-0.2, -0.15) is 11.8 Å². The molecule has 0 atom stereocenters. The molecule has 3 nitrogen and oxygen atoms in total. The molecule has 3 aromatic rings. The molecule has 0 spiro atoms. The van der Waals surface area contributed by atoms with Crippen molar-refractivity contribution in [1.82, 2.24) is 4.57 Å². The van der Waals surface area contributed by atoms with Gasteiger partial charge in [0.2, 0.25) is 0 Å². The Hall–Kier alpha value is -1.72. The zero-order valence-corrected chi connectivity index (χ0v) is 16.0. The molecule has 0 N–H and O–H groups in total. The van der Waals surface area contributed by atoms with Crippen molar-refractivity contribution in [3.8, 4) is 0 Å². The fourth-order valence-electron chi connectivity index (χ4n) is 2.80. The van der Waals surface area contributed by atoms with Crippen molar-refractivity contribution in [3.05, 3.63) is 69.8 Å². The molecule has 0 fully saturated rings. The Morgan fingerprint density at radius 3 is 2.67 bits per heavy atom. The van der Waals surface area contributed by atoms with Gasteiger partial charge in [0.25, 0.3) is 0 Å². The topological polar surface area (TPSA) is 31.2 Å². The van der Waals surface area contributed by atoms with Gasteiger partial charge in [0, 0.05) is 33.9 Å². The molecule has 0 aliphatic heterocycles. The van der Waals surface area contributed by atoms with Crippen LogP contribution in [-0.4, -0.2) is 23.9 Å². The lowest BCUT2D eigenvalue weighted by Crippen LogP contribution is -2.01. The number of aromatic nitrogens is 1. The van der Waals surface area contributed by atoms with Crippen LogP contribution in [0.3, 0.4) is 0 Å². The lowest BCUT2D eigenvalue weighted by molar-refractivity contribution is 0.0602. The first-order chi connectivity index (χ1) is 11.6. The predicted octanol–water partition coefficient (Wildman–Crippen LogP) is 5.10. The van der Waals surface area contributed by atoms with E-state index in [1.165, 1.54) is 18.2 Å². The molecule has 1 heterocycles. The number of halogens is 1. The molecule has 0 aliphatic carbocycles. The number of fused-ring (bicyclic) bond motifs is 1. The Morgan fingerprint density at radius 1 is 1.25 bits per heavy atom. The van der Waals surface area contributed by atoms with E-state index in [-0.39, 0.29) is 5.97 Å². The second-order valence-corrected chi connectivity index (χ2v) is 7.26. The number of hydrogen-bond acceptors (Lipinski definition) is 3. The van der Waals surface area contributed by atoms with Crippen molar-refractivity contribution in [2.75, 3.05) is 13.4 Å². The van der Waals surface area contributed by atoms with Crippen LogP contribution in [0.1, 0.15) is 21.5 Å². The van der Waals surface area contributed by atoms with Gasteiger partial charge in [0.1, 0.15) is 0 Å². The molecule has 0 bridgehead atoms. The monoisotopic (exact) mass is 403 g/mol. The minimum absolute atomic E-state index is 0.309. The Balaban J connectivity index is 2.16. The molecule has 0 unspecified atom stereocenters. The number of esters is 1. The van der Waals surface area contributed by atoms with Crippen LogP contribution in [0.4, 0.5) is 0 Å². The Bertz CT molecular complexity index is 874. The minimum atomic E-state index is -0.309. The van der Waals surface area contributed by atoms with Gasteiger partial charge in [-0.1, -0.05) is 46.3 Å². The quantitative estimate of drug-likeness (QED) is 0.555. The van der Waals surface area contributed by atoms with E-state index in [2.05, 4.69) is 45.0 Å². The van der Waals surface area contributed by atoms with Gasteiger partial charge in [0.15, 0.2) is 0 Å². The summed E-state index contributed by atoms with van der Waals surface area (Å²) in [7, 11) is 1.42. The Morgan fingerprint density at radius 2 is 2.00 bits per heavy atom. The highest BCUT2D eigenvalue weighted by Gasteiger charge is 2.17. The van der Waals surface area contributed by atoms with Crippen molar-refractivity contribution in [1.29, 1.82) is 0 Å². The number of carbonyl (C=O) groups excluding carboxylic acids is 1. The van der Waals surface area contributed by atoms with Gasteiger partial charge >= 0.3 is 5.97 Å². The summed E-state index contributed by atoms with van der Waals surface area (Å²) in [5, 5.41) is 0.912. The molecular formula is C19H18BrNO2S. The molecule has 2 aromatic carbocycles. The van der Waals surface area contributed by atoms with Crippen LogP contribution in [0.2, 0.25) is 0 Å². The number of methoxy groups -OCH3 is 1. The first-order valence-corrected chi connectivity index (χ1v) is 9.75. The lowest BCUT2D eigenvalue weighted by atomic mass is 10.1. The standard InChI is InChI=1S/C19H18BrNO2S/c1-23-19(22)16-11-21(10-13-6-4-3-5-7-13)18-8-14(12-24-2)17(20)9-15(16)18/h3-9,11H,10,12H2,1-2H3. The maximum atomic E-state index is 12.2. The molecule has 0 saturated heterocycles. The van der Waals surface area contributed by atoms with Gasteiger partial charge in [-0.05, 0) is 29.5 Å². The van der Waals surface area contributed by atoms with Crippen LogP contribution in [0, 0.1) is 0 Å². The summed E-state index contributed by atoms with van der Waals surface area (Å²) in [4.78, 5) is 12.2. The molecule has 0 saturated carbocycles. The molecule has 5 heteroatoms. The van der Waals surface area contributed by atoms with E-state index >= 15 is 0 Å². The van der Waals surface area contributed by atoms with Gasteiger partial charge < -0.3 is 9.30 Å². The van der Waals surface area contributed by atoms with Crippen LogP contribution in [0.5, 0.6) is 0 Å². The van der Waals surface area contributed by atoms with E-state index < -0.39 is 0 Å². The number of ether oxygens (including phenoxy) is 1. The molecule has 24 heavy (non-hydrogen) atoms. The zero-order chi connectivity index (χ0) is 17.1. The molecule has 0 radical (unpaired) electrons. The zero-order valence-electron chi connectivity index (χ0n) is 13.6. The molecule has 0 aliphatic rings. The largest absolute Gasteiger partial charge is 0.465 e. The number of carbonyl (C=O) groups is 1. The lowest BCUT2D eigenvalue weighted by Gasteiger charge is -2.08. The third-order valence-electron chi connectivity index (χ3n) is 3.95. The number of hydrogen-bond donors (Lipinski definition) is 0. The van der Waals surface area contributed by atoms with Gasteiger partial charge in [-0.15, -0.1) is 0 Å². The number of benzene rings is 2. The summed E-state index contributed by atoms with van der Waals surface area (Å²) >= 11 is 5.40. The van der Waals surface area contributed by atoms with Crippen LogP contribution in [0.15, 0.2) is 53.1 Å². The minimum Gasteiger partial charge on any atom is -0.465 e. The van der Waals surface area contributed by atoms with E-state index in [0.717, 1.165) is 21.1 Å². The Labute approximate surface area is 154 Å². The van der Waals surface area contributed by atoms with Crippen molar-refractivity contribution >= 4 is 44.6 Å². The summed E-state index contributed by atoms with van der Waals surface area (Å²) in [6.45, 7) is 0.717. The van der Waals surface area contributed by atoms with Crippen molar-refractivity contribution in [3.63, 3.8) is 0 Å². The summed E-state index contributed by atoms with van der Waals surface area (Å²) in [6.07, 6.45) is 3.97. The van der Waals surface area contributed by atoms with Crippen molar-refractivity contribution < 1.29 is 9.53 Å². The smallest absolute Gasteiger partial charge is 0.340 e. The highest BCUT2D eigenvalue weighted by Crippen LogP contribution is 2.31. The van der Waals surface area contributed by atoms with Crippen LogP contribution in [0.25, 0.3) is 10.9 Å². The van der Waals surface area contributed by atoms with Gasteiger partial charge in [0.05, 0.1) is 12.7 Å². The van der Waals surface area contributed by atoms with Crippen molar-refractivity contribution in [2.45, 2.75) is 12.3 Å². The second-order valence-electron chi connectivity index (χ2n) is 5.54. The average Bonchev–Trinajstić information content (AvgIpc) is 2.93. The van der Waals surface area contributed by atoms with E-state index in [1.807, 2.05) is 30.5 Å². The fraction of sp³-hybridized carbons (Fsp3) is 0.211. The number of nitrogens with zero attached hydrogens (tertiary/aromatic N) is 1. The molecule has 0 amide bonds. The van der Waals surface area contributed by atoms with Crippen LogP contribution >= 0.6 is 27.7 Å². The van der Waals surface area contributed by atoms with Gasteiger partial charge in [-0.25, -0.2) is 4.79 Å². The highest BCUT2D eigenvalue weighted by molar-refractivity contribution is 9.10. The van der Waals surface area contributed by atoms with E-state index in [1.54, 1.807) is 11.8 Å². The third kappa shape index (κ3) is 3.37. The first-order valence-electron chi connectivity index (χ1n) is 7.56. The number of thioether (sulfide) groups is 1. The second kappa shape index (κ2) is 7.45. The maximum absolute atomic E-state index is 12.2. The fourth-order valence-corrected chi connectivity index (χ4v) is 4.02. The van der Waals surface area contributed by atoms with Crippen LogP contribution < -0.4 is 0 Å². The first kappa shape index (κ1) is 17.1. The normalized spacial score (nSPS) is 11.0. The van der Waals surface area contributed by atoms with Gasteiger partial charge in [-0.3, -0.25) is 0 Å². The predicted molar refractivity (Wildman–Crippen MR) is 104 cm³/mol.